The summed E-state index contributed by atoms with van der Waals surface area (Å²) in [6, 6.07) is 12.7. The molecule has 0 aliphatic rings. The van der Waals surface area contributed by atoms with Gasteiger partial charge in [0.2, 0.25) is 0 Å². The average Bonchev–Trinajstić information content (AvgIpc) is 2.91. The van der Waals surface area contributed by atoms with E-state index in [0.29, 0.717) is 0 Å². The van der Waals surface area contributed by atoms with Crippen LogP contribution >= 0.6 is 0 Å². The molecule has 0 amide bonds. The first-order valence-corrected chi connectivity index (χ1v) is 6.03. The van der Waals surface area contributed by atoms with Crippen molar-refractivity contribution in [3.8, 4) is 11.1 Å². The molecule has 1 unspecified atom stereocenters. The van der Waals surface area contributed by atoms with Crippen molar-refractivity contribution < 1.29 is 0 Å². The Morgan fingerprint density at radius 3 is 2.72 bits per heavy atom. The zero-order chi connectivity index (χ0) is 12.5. The second kappa shape index (κ2) is 4.27. The van der Waals surface area contributed by atoms with Crippen molar-refractivity contribution >= 4 is 10.8 Å². The van der Waals surface area contributed by atoms with Crippen LogP contribution in [-0.2, 0) is 0 Å². The van der Waals surface area contributed by atoms with E-state index in [2.05, 4.69) is 34.5 Å². The van der Waals surface area contributed by atoms with Crippen LogP contribution in [0.4, 0.5) is 0 Å². The number of hydrogen-bond acceptors (Lipinski definition) is 2. The third kappa shape index (κ3) is 1.79. The summed E-state index contributed by atoms with van der Waals surface area (Å²) in [5, 5.41) is 9.27. The number of nitrogens with one attached hydrogen (secondary N) is 1. The predicted octanol–water partition coefficient (Wildman–Crippen LogP) is 3.25. The Balaban J connectivity index is 2.30. The number of rotatable bonds is 2. The Bertz CT molecular complexity index is 669. The minimum atomic E-state index is 0.0155. The zero-order valence-corrected chi connectivity index (χ0v) is 10.2. The Labute approximate surface area is 106 Å². The number of aromatic nitrogens is 2. The van der Waals surface area contributed by atoms with E-state index in [4.69, 9.17) is 5.73 Å². The summed E-state index contributed by atoms with van der Waals surface area (Å²) in [4.78, 5) is 0. The quantitative estimate of drug-likeness (QED) is 0.718. The number of H-pyrrole nitrogens is 1. The minimum Gasteiger partial charge on any atom is -0.324 e. The van der Waals surface area contributed by atoms with Crippen molar-refractivity contribution in [2.75, 3.05) is 0 Å². The van der Waals surface area contributed by atoms with E-state index >= 15 is 0 Å². The van der Waals surface area contributed by atoms with Gasteiger partial charge in [-0.05, 0) is 41.0 Å². The highest BCUT2D eigenvalue weighted by molar-refractivity contribution is 5.90. The standard InChI is InChI=1S/C15H15N3/c1-10(16)15-7-12(13-8-17-18-9-13)6-11-4-2-3-5-14(11)15/h2-10H,16H2,1H3,(H,17,18). The fraction of sp³-hybridized carbons (Fsp3) is 0.133. The summed E-state index contributed by atoms with van der Waals surface area (Å²) in [6.07, 6.45) is 3.73. The first kappa shape index (κ1) is 11.0. The molecule has 1 heterocycles. The van der Waals surface area contributed by atoms with E-state index in [1.54, 1.807) is 0 Å². The van der Waals surface area contributed by atoms with E-state index in [9.17, 15) is 0 Å². The highest BCUT2D eigenvalue weighted by atomic mass is 15.1. The van der Waals surface area contributed by atoms with Crippen LogP contribution in [0.25, 0.3) is 21.9 Å². The molecular formula is C15H15N3. The normalized spacial score (nSPS) is 12.8. The maximum atomic E-state index is 6.08. The smallest absolute Gasteiger partial charge is 0.0565 e. The van der Waals surface area contributed by atoms with Crippen LogP contribution in [0.2, 0.25) is 0 Å². The van der Waals surface area contributed by atoms with Gasteiger partial charge < -0.3 is 5.73 Å². The molecule has 1 atom stereocenters. The van der Waals surface area contributed by atoms with Gasteiger partial charge in [-0.25, -0.2) is 0 Å². The molecule has 90 valence electrons. The first-order valence-electron chi connectivity index (χ1n) is 6.03. The summed E-state index contributed by atoms with van der Waals surface area (Å²) >= 11 is 0. The second-order valence-electron chi connectivity index (χ2n) is 4.56. The Hall–Kier alpha value is -2.13. The molecule has 2 aromatic carbocycles. The first-order chi connectivity index (χ1) is 8.75. The molecule has 0 spiro atoms. The van der Waals surface area contributed by atoms with Crippen LogP contribution in [0, 0.1) is 0 Å². The Morgan fingerprint density at radius 1 is 1.17 bits per heavy atom. The number of fused-ring (bicyclic) bond motifs is 1. The highest BCUT2D eigenvalue weighted by Gasteiger charge is 2.09. The molecule has 18 heavy (non-hydrogen) atoms. The number of nitrogens with zero attached hydrogens (tertiary/aromatic N) is 1. The largest absolute Gasteiger partial charge is 0.324 e. The second-order valence-corrected chi connectivity index (χ2v) is 4.56. The molecule has 0 radical (unpaired) electrons. The van der Waals surface area contributed by atoms with Crippen molar-refractivity contribution in [2.45, 2.75) is 13.0 Å². The molecule has 3 aromatic rings. The lowest BCUT2D eigenvalue weighted by Gasteiger charge is -2.12. The fourth-order valence-corrected chi connectivity index (χ4v) is 2.29. The molecule has 0 saturated heterocycles. The zero-order valence-electron chi connectivity index (χ0n) is 10.2. The van der Waals surface area contributed by atoms with Crippen LogP contribution in [0.15, 0.2) is 48.8 Å². The van der Waals surface area contributed by atoms with Crippen molar-refractivity contribution in [1.29, 1.82) is 0 Å². The molecule has 3 heteroatoms. The number of nitrogens with two attached hydrogens (primary N) is 1. The van der Waals surface area contributed by atoms with Gasteiger partial charge in [0.05, 0.1) is 6.20 Å². The molecule has 1 aromatic heterocycles. The van der Waals surface area contributed by atoms with Crippen molar-refractivity contribution in [2.24, 2.45) is 5.73 Å². The topological polar surface area (TPSA) is 54.7 Å². The van der Waals surface area contributed by atoms with Gasteiger partial charge in [-0.1, -0.05) is 24.3 Å². The summed E-state index contributed by atoms with van der Waals surface area (Å²) in [6.45, 7) is 2.01. The maximum absolute atomic E-state index is 6.08. The van der Waals surface area contributed by atoms with Crippen LogP contribution < -0.4 is 5.73 Å². The van der Waals surface area contributed by atoms with E-state index in [-0.39, 0.29) is 6.04 Å². The monoisotopic (exact) mass is 237 g/mol. The molecule has 0 aliphatic carbocycles. The van der Waals surface area contributed by atoms with Crippen LogP contribution in [0.5, 0.6) is 0 Å². The molecule has 0 fully saturated rings. The van der Waals surface area contributed by atoms with Gasteiger partial charge in [-0.3, -0.25) is 5.10 Å². The highest BCUT2D eigenvalue weighted by Crippen LogP contribution is 2.29. The SMILES string of the molecule is CC(N)c1cc(-c2cn[nH]c2)cc2ccccc12. The van der Waals surface area contributed by atoms with Gasteiger partial charge in [0.25, 0.3) is 0 Å². The van der Waals surface area contributed by atoms with Gasteiger partial charge in [-0.15, -0.1) is 0 Å². The van der Waals surface area contributed by atoms with Crippen LogP contribution in [0.3, 0.4) is 0 Å². The summed E-state index contributed by atoms with van der Waals surface area (Å²) in [5.41, 5.74) is 9.48. The Morgan fingerprint density at radius 2 is 2.00 bits per heavy atom. The minimum absolute atomic E-state index is 0.0155. The third-order valence-electron chi connectivity index (χ3n) is 3.22. The van der Waals surface area contributed by atoms with Gasteiger partial charge in [0, 0.05) is 17.8 Å². The average molecular weight is 237 g/mol. The lowest BCUT2D eigenvalue weighted by Crippen LogP contribution is -2.05. The molecule has 3 nitrogen and oxygen atoms in total. The van der Waals surface area contributed by atoms with Crippen molar-refractivity contribution in [1.82, 2.24) is 10.2 Å². The number of aromatic amines is 1. The molecule has 0 bridgehead atoms. The van der Waals surface area contributed by atoms with E-state index in [1.807, 2.05) is 31.5 Å². The maximum Gasteiger partial charge on any atom is 0.0565 e. The van der Waals surface area contributed by atoms with Gasteiger partial charge >= 0.3 is 0 Å². The summed E-state index contributed by atoms with van der Waals surface area (Å²) < 4.78 is 0. The van der Waals surface area contributed by atoms with Crippen LogP contribution in [-0.4, -0.2) is 10.2 Å². The molecular weight excluding hydrogens is 222 g/mol. The molecule has 3 N–H and O–H groups in total. The predicted molar refractivity (Wildman–Crippen MR) is 74.1 cm³/mol. The molecule has 0 aliphatic heterocycles. The fourth-order valence-electron chi connectivity index (χ4n) is 2.29. The Kier molecular flexibility index (Phi) is 2.61. The van der Waals surface area contributed by atoms with E-state index < -0.39 is 0 Å². The molecule has 3 rings (SSSR count). The van der Waals surface area contributed by atoms with Crippen molar-refractivity contribution in [3.05, 3.63) is 54.4 Å². The van der Waals surface area contributed by atoms with Gasteiger partial charge in [-0.2, -0.15) is 5.10 Å². The van der Waals surface area contributed by atoms with Crippen LogP contribution in [0.1, 0.15) is 18.5 Å². The van der Waals surface area contributed by atoms with E-state index in [0.717, 1.165) is 11.1 Å². The van der Waals surface area contributed by atoms with E-state index in [1.165, 1.54) is 16.3 Å². The third-order valence-corrected chi connectivity index (χ3v) is 3.22. The molecule has 0 saturated carbocycles. The lowest BCUT2D eigenvalue weighted by molar-refractivity contribution is 0.827. The number of benzene rings is 2. The summed E-state index contributed by atoms with van der Waals surface area (Å²) in [7, 11) is 0. The van der Waals surface area contributed by atoms with Crippen molar-refractivity contribution in [3.63, 3.8) is 0 Å². The number of hydrogen-bond donors (Lipinski definition) is 2. The lowest BCUT2D eigenvalue weighted by atomic mass is 9.95. The summed E-state index contributed by atoms with van der Waals surface area (Å²) in [5.74, 6) is 0. The van der Waals surface area contributed by atoms with Gasteiger partial charge in [0.15, 0.2) is 0 Å². The van der Waals surface area contributed by atoms with Gasteiger partial charge in [0.1, 0.15) is 0 Å².